The second-order valence-corrected chi connectivity index (χ2v) is 4.76. The zero-order valence-electron chi connectivity index (χ0n) is 10.8. The lowest BCUT2D eigenvalue weighted by Gasteiger charge is -2.10. The number of esters is 1. The van der Waals surface area contributed by atoms with Gasteiger partial charge in [-0.1, -0.05) is 23.7 Å². The summed E-state index contributed by atoms with van der Waals surface area (Å²) in [5.74, 6) is -0.926. The molecular formula is C15H13ClFNO2. The van der Waals surface area contributed by atoms with Crippen LogP contribution in [0.4, 0.5) is 10.1 Å². The highest BCUT2D eigenvalue weighted by atomic mass is 35.5. The highest BCUT2D eigenvalue weighted by Gasteiger charge is 2.15. The Balaban J connectivity index is 2.13. The van der Waals surface area contributed by atoms with Crippen LogP contribution in [0.1, 0.15) is 21.5 Å². The van der Waals surface area contributed by atoms with Crippen molar-refractivity contribution in [2.75, 3.05) is 5.73 Å². The van der Waals surface area contributed by atoms with Crippen molar-refractivity contribution in [3.8, 4) is 0 Å². The third-order valence-corrected chi connectivity index (χ3v) is 3.23. The van der Waals surface area contributed by atoms with E-state index in [0.29, 0.717) is 5.56 Å². The number of carbonyl (C=O) groups excluding carboxylic acids is 1. The van der Waals surface area contributed by atoms with E-state index in [9.17, 15) is 9.18 Å². The summed E-state index contributed by atoms with van der Waals surface area (Å²) in [6.45, 7) is 1.78. The summed E-state index contributed by atoms with van der Waals surface area (Å²) in [5.41, 5.74) is 7.56. The molecule has 0 saturated heterocycles. The SMILES string of the molecule is Cc1cc(F)ccc1COC(=O)c1c(N)cccc1Cl. The average Bonchev–Trinajstić information content (AvgIpc) is 2.37. The molecule has 3 nitrogen and oxygen atoms in total. The van der Waals surface area contributed by atoms with E-state index in [1.807, 2.05) is 0 Å². The van der Waals surface area contributed by atoms with Crippen LogP contribution in [-0.4, -0.2) is 5.97 Å². The Kier molecular flexibility index (Phi) is 4.25. The zero-order chi connectivity index (χ0) is 14.7. The van der Waals surface area contributed by atoms with E-state index < -0.39 is 5.97 Å². The third-order valence-electron chi connectivity index (χ3n) is 2.91. The minimum Gasteiger partial charge on any atom is -0.457 e. The van der Waals surface area contributed by atoms with E-state index in [2.05, 4.69) is 0 Å². The van der Waals surface area contributed by atoms with Gasteiger partial charge in [-0.05, 0) is 42.3 Å². The maximum Gasteiger partial charge on any atom is 0.342 e. The van der Waals surface area contributed by atoms with Gasteiger partial charge in [-0.3, -0.25) is 0 Å². The smallest absolute Gasteiger partial charge is 0.342 e. The number of nitrogens with two attached hydrogens (primary N) is 1. The molecule has 0 aliphatic carbocycles. The summed E-state index contributed by atoms with van der Waals surface area (Å²) in [6.07, 6.45) is 0. The van der Waals surface area contributed by atoms with Crippen LogP contribution in [0, 0.1) is 12.7 Å². The van der Waals surface area contributed by atoms with Crippen LogP contribution in [0.3, 0.4) is 0 Å². The van der Waals surface area contributed by atoms with Crippen molar-refractivity contribution in [1.82, 2.24) is 0 Å². The second kappa shape index (κ2) is 5.92. The Morgan fingerprint density at radius 3 is 2.75 bits per heavy atom. The van der Waals surface area contributed by atoms with Crippen molar-refractivity contribution in [1.29, 1.82) is 0 Å². The number of carbonyl (C=O) groups is 1. The molecule has 0 unspecified atom stereocenters. The Morgan fingerprint density at radius 1 is 1.35 bits per heavy atom. The first kappa shape index (κ1) is 14.3. The Hall–Kier alpha value is -2.07. The largest absolute Gasteiger partial charge is 0.457 e. The van der Waals surface area contributed by atoms with Gasteiger partial charge in [-0.25, -0.2) is 9.18 Å². The highest BCUT2D eigenvalue weighted by Crippen LogP contribution is 2.23. The summed E-state index contributed by atoms with van der Waals surface area (Å²) < 4.78 is 18.1. The minimum atomic E-state index is -0.600. The topological polar surface area (TPSA) is 52.3 Å². The van der Waals surface area contributed by atoms with Gasteiger partial charge >= 0.3 is 5.97 Å². The standard InChI is InChI=1S/C15H13ClFNO2/c1-9-7-11(17)6-5-10(9)8-20-15(19)14-12(16)3-2-4-13(14)18/h2-7H,8,18H2,1H3. The number of anilines is 1. The number of hydrogen-bond acceptors (Lipinski definition) is 3. The molecule has 0 fully saturated rings. The highest BCUT2D eigenvalue weighted by molar-refractivity contribution is 6.34. The van der Waals surface area contributed by atoms with E-state index >= 15 is 0 Å². The molecule has 0 amide bonds. The van der Waals surface area contributed by atoms with Crippen molar-refractivity contribution in [3.63, 3.8) is 0 Å². The van der Waals surface area contributed by atoms with Gasteiger partial charge in [0.15, 0.2) is 0 Å². The molecule has 104 valence electrons. The molecule has 0 heterocycles. The van der Waals surface area contributed by atoms with E-state index in [4.69, 9.17) is 22.1 Å². The molecule has 2 N–H and O–H groups in total. The van der Waals surface area contributed by atoms with Crippen LogP contribution < -0.4 is 5.73 Å². The lowest BCUT2D eigenvalue weighted by Crippen LogP contribution is -2.09. The molecule has 0 aliphatic heterocycles. The van der Waals surface area contributed by atoms with Gasteiger partial charge < -0.3 is 10.5 Å². The first-order valence-corrected chi connectivity index (χ1v) is 6.33. The van der Waals surface area contributed by atoms with Gasteiger partial charge in [0.05, 0.1) is 5.02 Å². The first-order chi connectivity index (χ1) is 9.49. The molecule has 0 bridgehead atoms. The molecule has 0 aromatic heterocycles. The van der Waals surface area contributed by atoms with E-state index in [1.165, 1.54) is 12.1 Å². The molecule has 2 rings (SSSR count). The average molecular weight is 294 g/mol. The summed E-state index contributed by atoms with van der Waals surface area (Å²) in [5, 5.41) is 0.242. The summed E-state index contributed by atoms with van der Waals surface area (Å²) in [4.78, 5) is 12.0. The monoisotopic (exact) mass is 293 g/mol. The lowest BCUT2D eigenvalue weighted by molar-refractivity contribution is 0.0473. The quantitative estimate of drug-likeness (QED) is 0.693. The van der Waals surface area contributed by atoms with Gasteiger partial charge in [-0.15, -0.1) is 0 Å². The molecule has 0 atom stereocenters. The normalized spacial score (nSPS) is 10.3. The van der Waals surface area contributed by atoms with E-state index in [-0.39, 0.29) is 28.7 Å². The van der Waals surface area contributed by atoms with Crippen LogP contribution in [0.2, 0.25) is 5.02 Å². The fourth-order valence-corrected chi connectivity index (χ4v) is 2.05. The molecule has 0 aliphatic rings. The van der Waals surface area contributed by atoms with Gasteiger partial charge in [0, 0.05) is 5.69 Å². The number of hydrogen-bond donors (Lipinski definition) is 1. The van der Waals surface area contributed by atoms with Gasteiger partial charge in [-0.2, -0.15) is 0 Å². The predicted octanol–water partition coefficient (Wildman–Crippen LogP) is 3.73. The van der Waals surface area contributed by atoms with Crippen molar-refractivity contribution >= 4 is 23.3 Å². The Morgan fingerprint density at radius 2 is 2.10 bits per heavy atom. The summed E-state index contributed by atoms with van der Waals surface area (Å²) in [6, 6.07) is 9.07. The van der Waals surface area contributed by atoms with Crippen LogP contribution in [-0.2, 0) is 11.3 Å². The van der Waals surface area contributed by atoms with Crippen LogP contribution in [0.25, 0.3) is 0 Å². The molecule has 0 spiro atoms. The number of aryl methyl sites for hydroxylation is 1. The Labute approximate surface area is 121 Å². The molecule has 0 radical (unpaired) electrons. The summed E-state index contributed by atoms with van der Waals surface area (Å²) >= 11 is 5.93. The van der Waals surface area contributed by atoms with Crippen molar-refractivity contribution in [2.45, 2.75) is 13.5 Å². The zero-order valence-corrected chi connectivity index (χ0v) is 11.6. The second-order valence-electron chi connectivity index (χ2n) is 4.35. The molecule has 2 aromatic carbocycles. The number of rotatable bonds is 3. The van der Waals surface area contributed by atoms with Gasteiger partial charge in [0.1, 0.15) is 18.0 Å². The molecule has 0 saturated carbocycles. The number of ether oxygens (including phenoxy) is 1. The lowest BCUT2D eigenvalue weighted by atomic mass is 10.1. The predicted molar refractivity (Wildman–Crippen MR) is 76.1 cm³/mol. The van der Waals surface area contributed by atoms with Crippen molar-refractivity contribution in [2.24, 2.45) is 0 Å². The van der Waals surface area contributed by atoms with Crippen LogP contribution in [0.15, 0.2) is 36.4 Å². The first-order valence-electron chi connectivity index (χ1n) is 5.95. The van der Waals surface area contributed by atoms with Crippen molar-refractivity contribution in [3.05, 3.63) is 63.9 Å². The van der Waals surface area contributed by atoms with Gasteiger partial charge in [0.2, 0.25) is 0 Å². The Bertz CT molecular complexity index is 638. The van der Waals surface area contributed by atoms with Crippen LogP contribution in [0.5, 0.6) is 0 Å². The minimum absolute atomic E-state index is 0.0373. The van der Waals surface area contributed by atoms with Gasteiger partial charge in [0.25, 0.3) is 0 Å². The number of nitrogen functional groups attached to an aromatic ring is 1. The van der Waals surface area contributed by atoms with Crippen LogP contribution >= 0.6 is 11.6 Å². The number of benzene rings is 2. The summed E-state index contributed by atoms with van der Waals surface area (Å²) in [7, 11) is 0. The fourth-order valence-electron chi connectivity index (χ4n) is 1.79. The third kappa shape index (κ3) is 3.08. The number of halogens is 2. The molecular weight excluding hydrogens is 281 g/mol. The molecule has 20 heavy (non-hydrogen) atoms. The van der Waals surface area contributed by atoms with E-state index in [1.54, 1.807) is 31.2 Å². The molecule has 5 heteroatoms. The van der Waals surface area contributed by atoms with E-state index in [0.717, 1.165) is 5.56 Å². The maximum atomic E-state index is 13.0. The van der Waals surface area contributed by atoms with Crippen molar-refractivity contribution < 1.29 is 13.9 Å². The fraction of sp³-hybridized carbons (Fsp3) is 0.133. The molecule has 2 aromatic rings. The maximum absolute atomic E-state index is 13.0.